The van der Waals surface area contributed by atoms with Gasteiger partial charge in [0.1, 0.15) is 11.4 Å². The molecule has 1 fully saturated rings. The van der Waals surface area contributed by atoms with Gasteiger partial charge in [-0.2, -0.15) is 5.10 Å². The van der Waals surface area contributed by atoms with Crippen LogP contribution in [0.25, 0.3) is 0 Å². The molecule has 134 valence electrons. The number of H-pyrrole nitrogens is 2. The molecule has 1 aromatic rings. The number of nitrogens with one attached hydrogen (secondary N) is 2. The topological polar surface area (TPSA) is 105 Å². The maximum atomic E-state index is 12.4. The minimum Gasteiger partial charge on any atom is -0.461 e. The predicted molar refractivity (Wildman–Crippen MR) is 92.0 cm³/mol. The van der Waals surface area contributed by atoms with Gasteiger partial charge in [0.2, 0.25) is 0 Å². The van der Waals surface area contributed by atoms with Crippen LogP contribution in [-0.4, -0.2) is 32.5 Å². The summed E-state index contributed by atoms with van der Waals surface area (Å²) in [5.41, 5.74) is -1.27. The lowest BCUT2D eigenvalue weighted by molar-refractivity contribution is -0.154. The average Bonchev–Trinajstić information content (AvgIpc) is 2.49. The summed E-state index contributed by atoms with van der Waals surface area (Å²) in [6.45, 7) is 8.17. The Kier molecular flexibility index (Phi) is 6.26. The first kappa shape index (κ1) is 18.8. The van der Waals surface area contributed by atoms with Gasteiger partial charge in [-0.3, -0.25) is 14.6 Å². The number of carbonyl (C=O) groups is 1. The van der Waals surface area contributed by atoms with E-state index in [9.17, 15) is 14.4 Å². The molecule has 0 radical (unpaired) electrons. The third-order valence-corrected chi connectivity index (χ3v) is 5.58. The summed E-state index contributed by atoms with van der Waals surface area (Å²) < 4.78 is 5.76. The molecule has 8 heteroatoms. The minimum atomic E-state index is -0.671. The summed E-state index contributed by atoms with van der Waals surface area (Å²) in [5, 5.41) is 5.31. The van der Waals surface area contributed by atoms with E-state index in [-0.39, 0.29) is 17.1 Å². The molecule has 1 aliphatic carbocycles. The van der Waals surface area contributed by atoms with Crippen LogP contribution >= 0.6 is 11.8 Å². The van der Waals surface area contributed by atoms with Crippen LogP contribution < -0.4 is 11.2 Å². The van der Waals surface area contributed by atoms with Gasteiger partial charge >= 0.3 is 11.7 Å². The van der Waals surface area contributed by atoms with Crippen LogP contribution in [0.1, 0.15) is 47.0 Å². The van der Waals surface area contributed by atoms with Crippen molar-refractivity contribution in [1.82, 2.24) is 15.2 Å². The Balaban J connectivity index is 2.01. The van der Waals surface area contributed by atoms with Crippen LogP contribution in [0.2, 0.25) is 0 Å². The maximum Gasteiger partial charge on any atom is 0.342 e. The first-order chi connectivity index (χ1) is 11.3. The van der Waals surface area contributed by atoms with Gasteiger partial charge in [0.15, 0.2) is 5.03 Å². The second kappa shape index (κ2) is 8.00. The predicted octanol–water partition coefficient (Wildman–Crippen LogP) is 1.94. The molecular weight excluding hydrogens is 330 g/mol. The van der Waals surface area contributed by atoms with Crippen molar-refractivity contribution < 1.29 is 9.53 Å². The number of ether oxygens (including phenoxy) is 1. The van der Waals surface area contributed by atoms with E-state index in [1.165, 1.54) is 0 Å². The number of carbonyl (C=O) groups excluding carboxylic acids is 1. The molecule has 7 nitrogen and oxygen atoms in total. The Bertz CT molecular complexity index is 684. The van der Waals surface area contributed by atoms with E-state index in [2.05, 4.69) is 36.0 Å². The molecule has 0 bridgehead atoms. The molecule has 0 unspecified atom stereocenters. The number of hydrogen-bond acceptors (Lipinski definition) is 6. The van der Waals surface area contributed by atoms with E-state index in [4.69, 9.17) is 4.74 Å². The fraction of sp³-hybridized carbons (Fsp3) is 0.750. The normalized spacial score (nSPS) is 25.5. The fourth-order valence-corrected chi connectivity index (χ4v) is 3.87. The molecule has 0 amide bonds. The Morgan fingerprint density at radius 1 is 1.29 bits per heavy atom. The van der Waals surface area contributed by atoms with Gasteiger partial charge in [-0.25, -0.2) is 9.89 Å². The standard InChI is InChI=1S/C16H25N3O4S/c1-8(2)11-6-5-9(3)7-12(11)23-15(21)10(4)24-14-13(20)17-16(22)19-18-14/h8-12H,5-7H2,1-4H3,(H2,17,19,20,22)/t9-,10-,11-,12-/m1/s1. The third kappa shape index (κ3) is 4.72. The SMILES string of the molecule is CC(C)[C@H]1CC[C@@H](C)C[C@H]1OC(=O)[C@@H](C)Sc1n[nH]c(=O)[nH]c1=O. The van der Waals surface area contributed by atoms with Crippen molar-refractivity contribution in [3.8, 4) is 0 Å². The Hall–Kier alpha value is -1.57. The zero-order valence-electron chi connectivity index (χ0n) is 14.5. The number of nitrogens with zero attached hydrogens (tertiary/aromatic N) is 1. The van der Waals surface area contributed by atoms with Crippen molar-refractivity contribution in [3.63, 3.8) is 0 Å². The van der Waals surface area contributed by atoms with Crippen LogP contribution in [0.15, 0.2) is 14.6 Å². The number of aromatic nitrogens is 3. The molecule has 4 atom stereocenters. The van der Waals surface area contributed by atoms with E-state index in [1.54, 1.807) is 6.92 Å². The number of rotatable bonds is 5. The highest BCUT2D eigenvalue weighted by Crippen LogP contribution is 2.36. The number of aromatic amines is 2. The molecule has 0 spiro atoms. The Morgan fingerprint density at radius 2 is 2.00 bits per heavy atom. The van der Waals surface area contributed by atoms with Crippen LogP contribution in [0.3, 0.4) is 0 Å². The molecule has 2 N–H and O–H groups in total. The van der Waals surface area contributed by atoms with Gasteiger partial charge in [-0.15, -0.1) is 0 Å². The van der Waals surface area contributed by atoms with Crippen LogP contribution in [0.5, 0.6) is 0 Å². The van der Waals surface area contributed by atoms with E-state index in [0.29, 0.717) is 17.8 Å². The zero-order valence-corrected chi connectivity index (χ0v) is 15.3. The fourth-order valence-electron chi connectivity index (χ4n) is 3.13. The summed E-state index contributed by atoms with van der Waals surface area (Å²) in [5.74, 6) is 1.03. The molecule has 24 heavy (non-hydrogen) atoms. The summed E-state index contributed by atoms with van der Waals surface area (Å²) in [4.78, 5) is 37.1. The van der Waals surface area contributed by atoms with Gasteiger partial charge in [0.25, 0.3) is 5.56 Å². The average molecular weight is 355 g/mol. The number of thioether (sulfide) groups is 1. The smallest absolute Gasteiger partial charge is 0.342 e. The molecule has 0 saturated heterocycles. The first-order valence-corrected chi connectivity index (χ1v) is 9.22. The van der Waals surface area contributed by atoms with Crippen molar-refractivity contribution in [3.05, 3.63) is 20.8 Å². The monoisotopic (exact) mass is 355 g/mol. The summed E-state index contributed by atoms with van der Waals surface area (Å²) in [6.07, 6.45) is 3.03. The van der Waals surface area contributed by atoms with Crippen molar-refractivity contribution in [2.45, 2.75) is 63.3 Å². The Labute approximate surface area is 145 Å². The highest BCUT2D eigenvalue weighted by molar-refractivity contribution is 8.00. The van der Waals surface area contributed by atoms with Crippen LogP contribution in [0, 0.1) is 17.8 Å². The van der Waals surface area contributed by atoms with Gasteiger partial charge in [-0.1, -0.05) is 39.0 Å². The lowest BCUT2D eigenvalue weighted by Gasteiger charge is -2.37. The second-order valence-corrected chi connectivity index (χ2v) is 8.20. The van der Waals surface area contributed by atoms with E-state index < -0.39 is 16.5 Å². The van der Waals surface area contributed by atoms with Crippen molar-refractivity contribution >= 4 is 17.7 Å². The van der Waals surface area contributed by atoms with Crippen molar-refractivity contribution in [2.24, 2.45) is 17.8 Å². The first-order valence-electron chi connectivity index (χ1n) is 8.34. The lowest BCUT2D eigenvalue weighted by Crippen LogP contribution is -2.37. The van der Waals surface area contributed by atoms with Gasteiger partial charge in [0, 0.05) is 0 Å². The van der Waals surface area contributed by atoms with E-state index in [1.807, 2.05) is 0 Å². The molecule has 0 aliphatic heterocycles. The summed E-state index contributed by atoms with van der Waals surface area (Å²) in [6, 6.07) is 0. The number of esters is 1. The summed E-state index contributed by atoms with van der Waals surface area (Å²) >= 11 is 0.986. The lowest BCUT2D eigenvalue weighted by atomic mass is 9.75. The summed E-state index contributed by atoms with van der Waals surface area (Å²) in [7, 11) is 0. The van der Waals surface area contributed by atoms with E-state index >= 15 is 0 Å². The molecule has 0 aromatic carbocycles. The zero-order chi connectivity index (χ0) is 17.9. The highest BCUT2D eigenvalue weighted by Gasteiger charge is 2.34. The largest absolute Gasteiger partial charge is 0.461 e. The molecular formula is C16H25N3O4S. The van der Waals surface area contributed by atoms with Crippen molar-refractivity contribution in [2.75, 3.05) is 0 Å². The van der Waals surface area contributed by atoms with Crippen LogP contribution in [0.4, 0.5) is 0 Å². The third-order valence-electron chi connectivity index (χ3n) is 4.53. The number of hydrogen-bond donors (Lipinski definition) is 2. The molecule has 1 saturated carbocycles. The highest BCUT2D eigenvalue weighted by atomic mass is 32.2. The Morgan fingerprint density at radius 3 is 2.62 bits per heavy atom. The molecule has 1 aliphatic rings. The minimum absolute atomic E-state index is 0.0523. The van der Waals surface area contributed by atoms with Gasteiger partial charge in [0.05, 0.1) is 0 Å². The maximum absolute atomic E-state index is 12.4. The second-order valence-electron chi connectivity index (χ2n) is 6.87. The van der Waals surface area contributed by atoms with Crippen LogP contribution in [-0.2, 0) is 9.53 Å². The van der Waals surface area contributed by atoms with Crippen molar-refractivity contribution in [1.29, 1.82) is 0 Å². The van der Waals surface area contributed by atoms with Gasteiger partial charge < -0.3 is 4.74 Å². The molecule has 2 rings (SSSR count). The molecule has 1 aromatic heterocycles. The van der Waals surface area contributed by atoms with Gasteiger partial charge in [-0.05, 0) is 37.5 Å². The van der Waals surface area contributed by atoms with E-state index in [0.717, 1.165) is 31.0 Å². The molecule has 1 heterocycles. The quantitative estimate of drug-likeness (QED) is 0.618.